The van der Waals surface area contributed by atoms with Gasteiger partial charge in [-0.3, -0.25) is 0 Å². The highest BCUT2D eigenvalue weighted by Crippen LogP contribution is 2.65. The molecule has 12 heavy (non-hydrogen) atoms. The smallest absolute Gasteiger partial charge is 0.0603 e. The molecule has 2 N–H and O–H groups in total. The molecule has 0 spiro atoms. The summed E-state index contributed by atoms with van der Waals surface area (Å²) in [5.41, 5.74) is 0.0446. The van der Waals surface area contributed by atoms with Crippen molar-refractivity contribution in [1.29, 1.82) is 0 Å². The normalized spacial score (nSPS) is 56.2. The van der Waals surface area contributed by atoms with Crippen molar-refractivity contribution in [2.45, 2.75) is 45.8 Å². The van der Waals surface area contributed by atoms with Crippen LogP contribution < -0.4 is 0 Å². The zero-order valence-corrected chi connectivity index (χ0v) is 8.04. The number of aliphatic hydroxyl groups is 2. The van der Waals surface area contributed by atoms with E-state index in [2.05, 4.69) is 20.8 Å². The minimum absolute atomic E-state index is 0.0584. The zero-order valence-electron chi connectivity index (χ0n) is 8.04. The third kappa shape index (κ3) is 0.686. The lowest BCUT2D eigenvalue weighted by molar-refractivity contribution is -0.00727. The van der Waals surface area contributed by atoms with Crippen LogP contribution in [0.1, 0.15) is 33.6 Å². The molecular formula is C10H18O2. The van der Waals surface area contributed by atoms with E-state index in [4.69, 9.17) is 0 Å². The topological polar surface area (TPSA) is 40.5 Å². The highest BCUT2D eigenvalue weighted by molar-refractivity contribution is 5.13. The van der Waals surface area contributed by atoms with Gasteiger partial charge in [0, 0.05) is 5.41 Å². The van der Waals surface area contributed by atoms with Crippen molar-refractivity contribution in [3.63, 3.8) is 0 Å². The van der Waals surface area contributed by atoms with Crippen LogP contribution in [0.2, 0.25) is 0 Å². The summed E-state index contributed by atoms with van der Waals surface area (Å²) in [5.74, 6) is 0.303. The van der Waals surface area contributed by atoms with Crippen molar-refractivity contribution in [3.05, 3.63) is 0 Å². The van der Waals surface area contributed by atoms with E-state index in [9.17, 15) is 10.2 Å². The predicted molar refractivity (Wildman–Crippen MR) is 46.6 cm³/mol. The quantitative estimate of drug-likeness (QED) is 0.573. The standard InChI is InChI=1S/C10H18O2/c1-9(2)6-4-8(12)10(9,3)5-7(6)11/h6-8,11-12H,4-5H2,1-3H3/t6-,7-,8+,10+/m1/s1. The number of hydrogen-bond donors (Lipinski definition) is 2. The maximum absolute atomic E-state index is 9.82. The Morgan fingerprint density at radius 2 is 1.75 bits per heavy atom. The van der Waals surface area contributed by atoms with Crippen LogP contribution in [-0.4, -0.2) is 22.4 Å². The van der Waals surface area contributed by atoms with Crippen molar-refractivity contribution >= 4 is 0 Å². The maximum atomic E-state index is 9.82. The highest BCUT2D eigenvalue weighted by Gasteiger charge is 2.64. The molecule has 2 fully saturated rings. The van der Waals surface area contributed by atoms with E-state index in [1.807, 2.05) is 0 Å². The van der Waals surface area contributed by atoms with Crippen LogP contribution in [0.15, 0.2) is 0 Å². The van der Waals surface area contributed by atoms with Crippen molar-refractivity contribution in [2.24, 2.45) is 16.7 Å². The van der Waals surface area contributed by atoms with Gasteiger partial charge in [-0.05, 0) is 24.2 Å². The average molecular weight is 170 g/mol. The van der Waals surface area contributed by atoms with Gasteiger partial charge in [-0.25, -0.2) is 0 Å². The molecule has 2 rings (SSSR count). The Bertz CT molecular complexity index is 212. The molecule has 2 bridgehead atoms. The van der Waals surface area contributed by atoms with Crippen LogP contribution in [0, 0.1) is 16.7 Å². The monoisotopic (exact) mass is 170 g/mol. The van der Waals surface area contributed by atoms with Crippen molar-refractivity contribution in [1.82, 2.24) is 0 Å². The number of fused-ring (bicyclic) bond motifs is 2. The first-order chi connectivity index (χ1) is 5.39. The van der Waals surface area contributed by atoms with E-state index in [-0.39, 0.29) is 23.0 Å². The second kappa shape index (κ2) is 2.05. The molecule has 0 radical (unpaired) electrons. The van der Waals surface area contributed by atoms with Gasteiger partial charge in [0.2, 0.25) is 0 Å². The van der Waals surface area contributed by atoms with Crippen molar-refractivity contribution in [3.8, 4) is 0 Å². The SMILES string of the molecule is CC1(C)[C@@H]2C[C@H](O)[C@]1(C)C[C@H]2O. The summed E-state index contributed by atoms with van der Waals surface area (Å²) in [6.45, 7) is 6.45. The number of hydrogen-bond acceptors (Lipinski definition) is 2. The zero-order chi connectivity index (χ0) is 9.15. The van der Waals surface area contributed by atoms with Gasteiger partial charge in [-0.15, -0.1) is 0 Å². The first kappa shape index (κ1) is 8.52. The third-order valence-corrected chi connectivity index (χ3v) is 4.71. The fraction of sp³-hybridized carbons (Fsp3) is 1.00. The molecule has 0 aromatic heterocycles. The number of aliphatic hydroxyl groups excluding tert-OH is 2. The van der Waals surface area contributed by atoms with Gasteiger partial charge in [0.25, 0.3) is 0 Å². The van der Waals surface area contributed by atoms with Gasteiger partial charge in [0.05, 0.1) is 12.2 Å². The molecule has 2 aliphatic carbocycles. The summed E-state index contributed by atoms with van der Waals surface area (Å²) in [7, 11) is 0. The van der Waals surface area contributed by atoms with Crippen molar-refractivity contribution < 1.29 is 10.2 Å². The van der Waals surface area contributed by atoms with Gasteiger partial charge in [0.15, 0.2) is 0 Å². The molecule has 2 saturated carbocycles. The summed E-state index contributed by atoms with van der Waals surface area (Å²) >= 11 is 0. The molecule has 2 aliphatic rings. The summed E-state index contributed by atoms with van der Waals surface area (Å²) in [6, 6.07) is 0. The Hall–Kier alpha value is -0.0800. The van der Waals surface area contributed by atoms with Crippen LogP contribution in [0.3, 0.4) is 0 Å². The highest BCUT2D eigenvalue weighted by atomic mass is 16.3. The maximum Gasteiger partial charge on any atom is 0.0603 e. The van der Waals surface area contributed by atoms with Crippen LogP contribution in [0.25, 0.3) is 0 Å². The van der Waals surface area contributed by atoms with Crippen LogP contribution in [-0.2, 0) is 0 Å². The summed E-state index contributed by atoms with van der Waals surface area (Å²) in [6.07, 6.45) is 1.16. The van der Waals surface area contributed by atoms with E-state index in [0.29, 0.717) is 5.92 Å². The molecular weight excluding hydrogens is 152 g/mol. The molecule has 0 amide bonds. The fourth-order valence-electron chi connectivity index (χ4n) is 3.26. The van der Waals surface area contributed by atoms with Gasteiger partial charge in [-0.2, -0.15) is 0 Å². The van der Waals surface area contributed by atoms with E-state index >= 15 is 0 Å². The van der Waals surface area contributed by atoms with Gasteiger partial charge in [-0.1, -0.05) is 20.8 Å². The molecule has 2 heteroatoms. The summed E-state index contributed by atoms with van der Waals surface area (Å²) in [4.78, 5) is 0. The molecule has 0 aliphatic heterocycles. The average Bonchev–Trinajstić information content (AvgIpc) is 2.18. The largest absolute Gasteiger partial charge is 0.393 e. The van der Waals surface area contributed by atoms with Crippen molar-refractivity contribution in [2.75, 3.05) is 0 Å². The lowest BCUT2D eigenvalue weighted by Crippen LogP contribution is -2.36. The first-order valence-electron chi connectivity index (χ1n) is 4.76. The molecule has 0 aromatic rings. The van der Waals surface area contributed by atoms with Crippen LogP contribution in [0.5, 0.6) is 0 Å². The third-order valence-electron chi connectivity index (χ3n) is 4.71. The predicted octanol–water partition coefficient (Wildman–Crippen LogP) is 1.16. The molecule has 0 heterocycles. The van der Waals surface area contributed by atoms with Crippen LogP contribution in [0.4, 0.5) is 0 Å². The second-order valence-electron chi connectivity index (χ2n) is 5.27. The second-order valence-corrected chi connectivity index (χ2v) is 5.27. The Morgan fingerprint density at radius 3 is 2.00 bits per heavy atom. The molecule has 0 saturated heterocycles. The fourth-order valence-corrected chi connectivity index (χ4v) is 3.26. The Labute approximate surface area is 73.6 Å². The Morgan fingerprint density at radius 1 is 1.17 bits per heavy atom. The van der Waals surface area contributed by atoms with Gasteiger partial charge in [0.1, 0.15) is 0 Å². The van der Waals surface area contributed by atoms with E-state index < -0.39 is 0 Å². The molecule has 70 valence electrons. The molecule has 0 aromatic carbocycles. The summed E-state index contributed by atoms with van der Waals surface area (Å²) in [5, 5.41) is 19.5. The summed E-state index contributed by atoms with van der Waals surface area (Å²) < 4.78 is 0. The molecule has 0 unspecified atom stereocenters. The van der Waals surface area contributed by atoms with E-state index in [1.165, 1.54) is 0 Å². The molecule has 2 nitrogen and oxygen atoms in total. The Balaban J connectivity index is 2.41. The van der Waals surface area contributed by atoms with Gasteiger partial charge < -0.3 is 10.2 Å². The minimum Gasteiger partial charge on any atom is -0.393 e. The van der Waals surface area contributed by atoms with Crippen LogP contribution >= 0.6 is 0 Å². The first-order valence-corrected chi connectivity index (χ1v) is 4.76. The van der Waals surface area contributed by atoms with Gasteiger partial charge >= 0.3 is 0 Å². The lowest BCUT2D eigenvalue weighted by Gasteiger charge is -2.36. The Kier molecular flexibility index (Phi) is 1.45. The minimum atomic E-state index is -0.208. The molecule has 4 atom stereocenters. The lowest BCUT2D eigenvalue weighted by atomic mass is 9.70. The van der Waals surface area contributed by atoms with E-state index in [1.54, 1.807) is 0 Å². The number of rotatable bonds is 0. The van der Waals surface area contributed by atoms with E-state index in [0.717, 1.165) is 12.8 Å².